The van der Waals surface area contributed by atoms with Crippen molar-refractivity contribution in [2.75, 3.05) is 5.75 Å². The van der Waals surface area contributed by atoms with Gasteiger partial charge in [0.15, 0.2) is 0 Å². The number of unbranched alkanes of at least 4 members (excludes halogenated alkanes) is 9. The van der Waals surface area contributed by atoms with Crippen LogP contribution in [-0.2, 0) is 18.7 Å². The van der Waals surface area contributed by atoms with Crippen molar-refractivity contribution < 1.29 is 0 Å². The monoisotopic (exact) mass is 455 g/mol. The Morgan fingerprint density at radius 3 is 1.94 bits per heavy atom. The molecule has 0 aromatic heterocycles. The predicted octanol–water partition coefficient (Wildman–Crippen LogP) is 8.50. The van der Waals surface area contributed by atoms with Gasteiger partial charge < -0.3 is 5.32 Å². The average Bonchev–Trinajstić information content (AvgIpc) is 2.80. The summed E-state index contributed by atoms with van der Waals surface area (Å²) in [5, 5.41) is 3.39. The van der Waals surface area contributed by atoms with E-state index in [-0.39, 0.29) is 0 Å². The fourth-order valence-electron chi connectivity index (χ4n) is 3.68. The van der Waals surface area contributed by atoms with Crippen molar-refractivity contribution in [3.8, 4) is 0 Å². The molecule has 0 aliphatic carbocycles. The zero-order valence-corrected chi connectivity index (χ0v) is 21.0. The number of thiocarbonyl (C=S) groups is 1. The van der Waals surface area contributed by atoms with Crippen LogP contribution in [0.4, 0.5) is 0 Å². The van der Waals surface area contributed by atoms with Crippen LogP contribution in [0.15, 0.2) is 54.6 Å². The lowest BCUT2D eigenvalue weighted by molar-refractivity contribution is 0.563. The summed E-state index contributed by atoms with van der Waals surface area (Å²) < 4.78 is 0. The fourth-order valence-corrected chi connectivity index (χ4v) is 4.90. The second-order valence-electron chi connectivity index (χ2n) is 8.49. The van der Waals surface area contributed by atoms with E-state index in [0.717, 1.165) is 23.7 Å². The first-order valence-electron chi connectivity index (χ1n) is 12.2. The van der Waals surface area contributed by atoms with E-state index >= 15 is 0 Å². The van der Waals surface area contributed by atoms with Crippen LogP contribution in [0.3, 0.4) is 0 Å². The van der Waals surface area contributed by atoms with E-state index in [1.807, 2.05) is 6.07 Å². The normalized spacial score (nSPS) is 10.9. The van der Waals surface area contributed by atoms with E-state index in [2.05, 4.69) is 72.5 Å². The largest absolute Gasteiger partial charge is 0.375 e. The molecule has 0 radical (unpaired) electrons. The smallest absolute Gasteiger partial charge is 0.0800 e. The molecule has 0 saturated carbocycles. The summed E-state index contributed by atoms with van der Waals surface area (Å²) >= 11 is 7.56. The molecule has 0 unspecified atom stereocenters. The first kappa shape index (κ1) is 25.9. The third-order valence-electron chi connectivity index (χ3n) is 5.63. The summed E-state index contributed by atoms with van der Waals surface area (Å²) in [6, 6.07) is 19.4. The Labute approximate surface area is 200 Å². The molecular formula is C28H41NS2. The van der Waals surface area contributed by atoms with Crippen molar-refractivity contribution in [2.24, 2.45) is 0 Å². The molecule has 1 N–H and O–H groups in total. The van der Waals surface area contributed by atoms with E-state index in [1.165, 1.54) is 86.7 Å². The molecule has 2 rings (SSSR count). The van der Waals surface area contributed by atoms with Crippen LogP contribution in [0.5, 0.6) is 0 Å². The highest BCUT2D eigenvalue weighted by Gasteiger charge is 2.01. The Balaban J connectivity index is 1.47. The zero-order chi connectivity index (χ0) is 22.0. The second-order valence-corrected chi connectivity index (χ2v) is 10.1. The van der Waals surface area contributed by atoms with Crippen LogP contribution in [0.25, 0.3) is 0 Å². The van der Waals surface area contributed by atoms with Crippen LogP contribution >= 0.6 is 24.0 Å². The van der Waals surface area contributed by atoms with Gasteiger partial charge in [-0.3, -0.25) is 0 Å². The standard InChI is InChI=1S/C28H41NS2/c1-2-3-4-5-6-7-8-9-10-14-21-31-24-27-19-17-26(18-20-27)23-29-28(30)22-25-15-12-11-13-16-25/h11-13,15-20H,2-10,14,21-24H2,1H3,(H,29,30). The molecule has 0 amide bonds. The quantitative estimate of drug-likeness (QED) is 0.190. The first-order chi connectivity index (χ1) is 15.3. The van der Waals surface area contributed by atoms with Gasteiger partial charge in [-0.05, 0) is 28.9 Å². The molecule has 0 aliphatic heterocycles. The van der Waals surface area contributed by atoms with Gasteiger partial charge in [-0.15, -0.1) is 0 Å². The Kier molecular flexibility index (Phi) is 14.4. The molecule has 170 valence electrons. The molecule has 0 spiro atoms. The summed E-state index contributed by atoms with van der Waals surface area (Å²) in [7, 11) is 0. The van der Waals surface area contributed by atoms with Crippen LogP contribution in [-0.4, -0.2) is 10.7 Å². The summed E-state index contributed by atoms with van der Waals surface area (Å²) in [4.78, 5) is 0.905. The Morgan fingerprint density at radius 1 is 0.710 bits per heavy atom. The van der Waals surface area contributed by atoms with Gasteiger partial charge in [0, 0.05) is 18.7 Å². The minimum Gasteiger partial charge on any atom is -0.375 e. The minimum absolute atomic E-state index is 0.803. The lowest BCUT2D eigenvalue weighted by Gasteiger charge is -2.09. The van der Waals surface area contributed by atoms with E-state index in [9.17, 15) is 0 Å². The number of benzene rings is 2. The number of thioether (sulfide) groups is 1. The molecule has 0 atom stereocenters. The number of hydrogen-bond donors (Lipinski definition) is 1. The Morgan fingerprint density at radius 2 is 1.29 bits per heavy atom. The molecule has 2 aromatic carbocycles. The molecule has 31 heavy (non-hydrogen) atoms. The number of nitrogens with one attached hydrogen (secondary N) is 1. The van der Waals surface area contributed by atoms with Gasteiger partial charge in [-0.2, -0.15) is 11.8 Å². The highest BCUT2D eigenvalue weighted by atomic mass is 32.2. The molecule has 0 bridgehead atoms. The lowest BCUT2D eigenvalue weighted by Crippen LogP contribution is -2.22. The second kappa shape index (κ2) is 17.3. The van der Waals surface area contributed by atoms with Gasteiger partial charge in [-0.25, -0.2) is 0 Å². The van der Waals surface area contributed by atoms with Crippen LogP contribution < -0.4 is 5.32 Å². The molecule has 2 aromatic rings. The van der Waals surface area contributed by atoms with E-state index < -0.39 is 0 Å². The topological polar surface area (TPSA) is 12.0 Å². The van der Waals surface area contributed by atoms with Crippen molar-refractivity contribution in [1.29, 1.82) is 0 Å². The van der Waals surface area contributed by atoms with Crippen molar-refractivity contribution >= 4 is 29.0 Å². The van der Waals surface area contributed by atoms with Crippen LogP contribution in [0.2, 0.25) is 0 Å². The average molecular weight is 456 g/mol. The highest BCUT2D eigenvalue weighted by Crippen LogP contribution is 2.16. The third kappa shape index (κ3) is 13.0. The summed E-state index contributed by atoms with van der Waals surface area (Å²) in [6.45, 7) is 3.09. The summed E-state index contributed by atoms with van der Waals surface area (Å²) in [6.07, 6.45) is 15.0. The van der Waals surface area contributed by atoms with Gasteiger partial charge in [0.25, 0.3) is 0 Å². The zero-order valence-electron chi connectivity index (χ0n) is 19.4. The molecule has 1 nitrogen and oxygen atoms in total. The number of rotatable bonds is 17. The van der Waals surface area contributed by atoms with E-state index in [0.29, 0.717) is 0 Å². The SMILES string of the molecule is CCCCCCCCCCCCSCc1ccc(CNC(=S)Cc2ccccc2)cc1. The van der Waals surface area contributed by atoms with Crippen molar-refractivity contribution in [3.05, 3.63) is 71.3 Å². The van der Waals surface area contributed by atoms with Gasteiger partial charge in [0.2, 0.25) is 0 Å². The molecule has 3 heteroatoms. The van der Waals surface area contributed by atoms with Crippen molar-refractivity contribution in [1.82, 2.24) is 5.32 Å². The summed E-state index contributed by atoms with van der Waals surface area (Å²) in [5.41, 5.74) is 3.97. The lowest BCUT2D eigenvalue weighted by atomic mass is 10.1. The maximum Gasteiger partial charge on any atom is 0.0800 e. The van der Waals surface area contributed by atoms with Gasteiger partial charge in [0.1, 0.15) is 0 Å². The molecular weight excluding hydrogens is 414 g/mol. The van der Waals surface area contributed by atoms with Crippen molar-refractivity contribution in [3.63, 3.8) is 0 Å². The molecule has 0 fully saturated rings. The molecule has 0 saturated heterocycles. The maximum atomic E-state index is 5.48. The van der Waals surface area contributed by atoms with Gasteiger partial charge in [0.05, 0.1) is 4.99 Å². The molecule has 0 aliphatic rings. The highest BCUT2D eigenvalue weighted by molar-refractivity contribution is 7.98. The van der Waals surface area contributed by atoms with Crippen LogP contribution in [0, 0.1) is 0 Å². The number of hydrogen-bond acceptors (Lipinski definition) is 2. The fraction of sp³-hybridized carbons (Fsp3) is 0.536. The Bertz CT molecular complexity index is 697. The van der Waals surface area contributed by atoms with E-state index in [4.69, 9.17) is 12.2 Å². The van der Waals surface area contributed by atoms with Gasteiger partial charge >= 0.3 is 0 Å². The van der Waals surface area contributed by atoms with E-state index in [1.54, 1.807) is 0 Å². The minimum atomic E-state index is 0.803. The molecule has 0 heterocycles. The van der Waals surface area contributed by atoms with Gasteiger partial charge in [-0.1, -0.05) is 132 Å². The predicted molar refractivity (Wildman–Crippen MR) is 144 cm³/mol. The summed E-state index contributed by atoms with van der Waals surface area (Å²) in [5.74, 6) is 2.41. The van der Waals surface area contributed by atoms with Crippen LogP contribution in [0.1, 0.15) is 87.8 Å². The van der Waals surface area contributed by atoms with Crippen molar-refractivity contribution in [2.45, 2.75) is 89.9 Å². The Hall–Kier alpha value is -1.32. The first-order valence-corrected chi connectivity index (χ1v) is 13.8. The third-order valence-corrected chi connectivity index (χ3v) is 7.03. The maximum absolute atomic E-state index is 5.48.